The Hall–Kier alpha value is -0.900. The molecule has 0 radical (unpaired) electrons. The number of nitrogens with one attached hydrogen (secondary N) is 3. The summed E-state index contributed by atoms with van der Waals surface area (Å²) in [5.41, 5.74) is 1.51. The van der Waals surface area contributed by atoms with E-state index in [9.17, 15) is 0 Å². The van der Waals surface area contributed by atoms with E-state index in [2.05, 4.69) is 30.3 Å². The first-order chi connectivity index (χ1) is 12.8. The van der Waals surface area contributed by atoms with Crippen LogP contribution in [0.1, 0.15) is 44.1 Å². The molecule has 3 heteroatoms. The van der Waals surface area contributed by atoms with Gasteiger partial charge in [0.1, 0.15) is 32.7 Å². The van der Waals surface area contributed by atoms with Crippen LogP contribution >= 0.6 is 0 Å². The van der Waals surface area contributed by atoms with Crippen molar-refractivity contribution in [3.8, 4) is 0 Å². The summed E-state index contributed by atoms with van der Waals surface area (Å²) in [4.78, 5) is 5.75. The number of likely N-dealkylation sites (tertiary alicyclic amines) is 1. The van der Waals surface area contributed by atoms with E-state index >= 15 is 0 Å². The molecule has 2 saturated carbocycles. The van der Waals surface area contributed by atoms with Crippen molar-refractivity contribution in [2.24, 2.45) is 11.8 Å². The molecule has 2 aliphatic carbocycles. The maximum absolute atomic E-state index is 2.29. The zero-order chi connectivity index (χ0) is 17.3. The molecule has 0 unspecified atom stereocenters. The van der Waals surface area contributed by atoms with Crippen LogP contribution < -0.4 is 14.7 Å². The van der Waals surface area contributed by atoms with Crippen LogP contribution in [-0.4, -0.2) is 51.4 Å². The van der Waals surface area contributed by atoms with Crippen molar-refractivity contribution in [3.05, 3.63) is 35.9 Å². The minimum Gasteiger partial charge on any atom is -0.331 e. The molecule has 2 aliphatic heterocycles. The number of piperazine rings is 1. The largest absolute Gasteiger partial charge is 0.331 e. The Morgan fingerprint density at radius 1 is 0.731 bits per heavy atom. The van der Waals surface area contributed by atoms with E-state index in [1.54, 1.807) is 30.6 Å². The molecule has 1 aromatic rings. The van der Waals surface area contributed by atoms with E-state index in [0.29, 0.717) is 0 Å². The third-order valence-corrected chi connectivity index (χ3v) is 8.36. The molecule has 0 amide bonds. The van der Waals surface area contributed by atoms with E-state index in [4.69, 9.17) is 0 Å². The number of hydrogen-bond acceptors (Lipinski definition) is 0. The van der Waals surface area contributed by atoms with Crippen LogP contribution in [0.3, 0.4) is 0 Å². The first kappa shape index (κ1) is 17.2. The number of quaternary nitrogens is 3. The van der Waals surface area contributed by atoms with E-state index in [1.165, 1.54) is 64.2 Å². The first-order valence-electron chi connectivity index (χ1n) is 11.4. The van der Waals surface area contributed by atoms with Gasteiger partial charge in [0.15, 0.2) is 0 Å². The number of piperidine rings is 1. The van der Waals surface area contributed by atoms with E-state index in [1.807, 2.05) is 9.80 Å². The molecule has 2 saturated heterocycles. The summed E-state index contributed by atoms with van der Waals surface area (Å²) in [5.74, 6) is 2.21. The minimum atomic E-state index is 0.955. The predicted molar refractivity (Wildman–Crippen MR) is 104 cm³/mol. The Morgan fingerprint density at radius 2 is 1.46 bits per heavy atom. The highest BCUT2D eigenvalue weighted by Gasteiger charge is 2.46. The normalized spacial score (nSPS) is 42.8. The molecule has 2 heterocycles. The second kappa shape index (κ2) is 7.61. The average Bonchev–Trinajstić information content (AvgIpc) is 3.33. The fraction of sp³-hybridized carbons (Fsp3) is 0.739. The minimum absolute atomic E-state index is 0.955. The van der Waals surface area contributed by atoms with Gasteiger partial charge in [0, 0.05) is 30.7 Å². The summed E-state index contributed by atoms with van der Waals surface area (Å²) in [5, 5.41) is 0. The fourth-order valence-corrected chi connectivity index (χ4v) is 6.91. The molecule has 4 fully saturated rings. The summed E-state index contributed by atoms with van der Waals surface area (Å²) < 4.78 is 0. The topological polar surface area (TPSA) is 13.3 Å². The lowest BCUT2D eigenvalue weighted by molar-refractivity contribution is -1.04. The van der Waals surface area contributed by atoms with Crippen molar-refractivity contribution in [2.75, 3.05) is 39.3 Å². The smallest absolute Gasteiger partial charge is 0.127 e. The van der Waals surface area contributed by atoms with Crippen molar-refractivity contribution in [2.45, 2.75) is 57.2 Å². The van der Waals surface area contributed by atoms with Gasteiger partial charge in [-0.3, -0.25) is 0 Å². The van der Waals surface area contributed by atoms with Gasteiger partial charge >= 0.3 is 0 Å². The summed E-state index contributed by atoms with van der Waals surface area (Å²) in [6.45, 7) is 9.80. The van der Waals surface area contributed by atoms with Crippen LogP contribution in [0, 0.1) is 11.8 Å². The van der Waals surface area contributed by atoms with Gasteiger partial charge in [-0.05, 0) is 25.2 Å². The van der Waals surface area contributed by atoms with Gasteiger partial charge in [0.25, 0.3) is 0 Å². The molecule has 0 spiro atoms. The Kier molecular flexibility index (Phi) is 5.04. The van der Waals surface area contributed by atoms with Crippen molar-refractivity contribution >= 4 is 0 Å². The molecular weight excluding hydrogens is 318 g/mol. The molecular formula is C23H38N3+3. The zero-order valence-corrected chi connectivity index (χ0v) is 16.4. The molecule has 3 nitrogen and oxygen atoms in total. The van der Waals surface area contributed by atoms with Gasteiger partial charge in [-0.2, -0.15) is 0 Å². The van der Waals surface area contributed by atoms with E-state index in [-0.39, 0.29) is 0 Å². The maximum Gasteiger partial charge on any atom is 0.127 e. The van der Waals surface area contributed by atoms with Gasteiger partial charge in [0.05, 0.1) is 25.2 Å². The predicted octanol–water partition coefficient (Wildman–Crippen LogP) is -0.794. The molecule has 142 valence electrons. The molecule has 4 aliphatic rings. The quantitative estimate of drug-likeness (QED) is 0.626. The van der Waals surface area contributed by atoms with Gasteiger partial charge in [-0.15, -0.1) is 0 Å². The zero-order valence-electron chi connectivity index (χ0n) is 16.4. The first-order valence-corrected chi connectivity index (χ1v) is 11.4. The molecule has 0 aromatic heterocycles. The molecule has 3 N–H and O–H groups in total. The fourth-order valence-electron chi connectivity index (χ4n) is 6.91. The lowest BCUT2D eigenvalue weighted by Crippen LogP contribution is -3.31. The van der Waals surface area contributed by atoms with Crippen LogP contribution in [-0.2, 0) is 6.54 Å². The van der Waals surface area contributed by atoms with Crippen molar-refractivity contribution in [1.82, 2.24) is 0 Å². The number of benzene rings is 1. The van der Waals surface area contributed by atoms with Crippen LogP contribution in [0.4, 0.5) is 0 Å². The van der Waals surface area contributed by atoms with Gasteiger partial charge in [0.2, 0.25) is 0 Å². The summed E-state index contributed by atoms with van der Waals surface area (Å²) in [6.07, 6.45) is 9.14. The van der Waals surface area contributed by atoms with E-state index in [0.717, 1.165) is 23.9 Å². The van der Waals surface area contributed by atoms with Gasteiger partial charge in [-0.1, -0.05) is 30.3 Å². The van der Waals surface area contributed by atoms with Gasteiger partial charge in [-0.25, -0.2) is 0 Å². The molecule has 3 atom stereocenters. The Labute approximate surface area is 159 Å². The summed E-state index contributed by atoms with van der Waals surface area (Å²) in [7, 11) is 0. The Bertz CT molecular complexity index is 572. The number of hydrogen-bond donors (Lipinski definition) is 3. The van der Waals surface area contributed by atoms with Crippen molar-refractivity contribution in [1.29, 1.82) is 0 Å². The second-order valence-corrected chi connectivity index (χ2v) is 9.78. The molecule has 5 rings (SSSR count). The third kappa shape index (κ3) is 3.58. The standard InChI is InChI=1S/C23H35N3/c1-2-4-19(5-3-1)18-24-10-8-22(9-11-24)25-12-14-26(15-13-25)23-17-20-6-7-21(23)16-20/h1-5,20-23H,6-18H2/p+3/t20-,21+,23+/m0/s1. The monoisotopic (exact) mass is 356 g/mol. The van der Waals surface area contributed by atoms with Gasteiger partial charge < -0.3 is 14.7 Å². The highest BCUT2D eigenvalue weighted by atomic mass is 15.3. The third-order valence-electron chi connectivity index (χ3n) is 8.36. The van der Waals surface area contributed by atoms with Crippen molar-refractivity contribution in [3.63, 3.8) is 0 Å². The molecule has 2 bridgehead atoms. The van der Waals surface area contributed by atoms with Crippen molar-refractivity contribution < 1.29 is 14.7 Å². The number of fused-ring (bicyclic) bond motifs is 2. The second-order valence-electron chi connectivity index (χ2n) is 9.78. The van der Waals surface area contributed by atoms with Crippen LogP contribution in [0.5, 0.6) is 0 Å². The maximum atomic E-state index is 2.29. The molecule has 26 heavy (non-hydrogen) atoms. The van der Waals surface area contributed by atoms with E-state index < -0.39 is 0 Å². The van der Waals surface area contributed by atoms with Crippen LogP contribution in [0.25, 0.3) is 0 Å². The average molecular weight is 357 g/mol. The summed E-state index contributed by atoms with van der Waals surface area (Å²) in [6, 6.07) is 13.1. The lowest BCUT2D eigenvalue weighted by atomic mass is 9.93. The Balaban J connectivity index is 1.07. The van der Waals surface area contributed by atoms with Crippen LogP contribution in [0.15, 0.2) is 30.3 Å². The summed E-state index contributed by atoms with van der Waals surface area (Å²) >= 11 is 0. The van der Waals surface area contributed by atoms with Crippen LogP contribution in [0.2, 0.25) is 0 Å². The SMILES string of the molecule is c1ccc(C[NH+]2CCC([NH+]3CC[NH+]([C@@H]4C[C@H]5CC[C@@H]4C5)CC3)CC2)cc1. The number of rotatable bonds is 4. The molecule has 1 aromatic carbocycles. The Morgan fingerprint density at radius 3 is 2.12 bits per heavy atom. The highest BCUT2D eigenvalue weighted by molar-refractivity contribution is 5.13. The highest BCUT2D eigenvalue weighted by Crippen LogP contribution is 2.43. The lowest BCUT2D eigenvalue weighted by Gasteiger charge is -2.40.